The minimum atomic E-state index is -2.55. The maximum atomic E-state index is 16.0. The maximum Gasteiger partial charge on any atom is 0.330 e. The minimum absolute atomic E-state index is 0.143. The highest BCUT2D eigenvalue weighted by Crippen LogP contribution is 2.46. The molecular formula is C22H39FN2O6Si2. The summed E-state index contributed by atoms with van der Waals surface area (Å²) in [5.41, 5.74) is -3.18. The number of alkyl halides is 1. The molecule has 8 nitrogen and oxygen atoms in total. The second-order valence-electron chi connectivity index (χ2n) is 11.9. The van der Waals surface area contributed by atoms with Gasteiger partial charge in [0.2, 0.25) is 0 Å². The first-order valence-electron chi connectivity index (χ1n) is 11.2. The standard InChI is InChI=1S/C22H39FN2O6Si2/c1-20(2,3)32(7,8)29-14-22(13-26)17(31-33(9,10)21(4,5)6)16(23)18(30-22)25-12-11-15(27)24-19(25)28/h11-13,16-18H,14H2,1-10H3,(H,24,27,28)/t16-,17-,18+,22+/m0/s1. The Morgan fingerprint density at radius 1 is 1.12 bits per heavy atom. The molecule has 0 unspecified atom stereocenters. The highest BCUT2D eigenvalue weighted by atomic mass is 28.4. The van der Waals surface area contributed by atoms with Gasteiger partial charge >= 0.3 is 5.69 Å². The van der Waals surface area contributed by atoms with Gasteiger partial charge in [0.15, 0.2) is 40.9 Å². The average Bonchev–Trinajstić information content (AvgIpc) is 2.91. The van der Waals surface area contributed by atoms with E-state index in [2.05, 4.69) is 25.8 Å². The summed E-state index contributed by atoms with van der Waals surface area (Å²) in [4.78, 5) is 38.5. The van der Waals surface area contributed by atoms with Gasteiger partial charge in [0.05, 0.1) is 6.61 Å². The summed E-state index contributed by atoms with van der Waals surface area (Å²) in [5.74, 6) is 0. The molecule has 1 saturated heterocycles. The van der Waals surface area contributed by atoms with Gasteiger partial charge in [0.25, 0.3) is 5.56 Å². The molecule has 0 spiro atoms. The molecular weight excluding hydrogens is 463 g/mol. The van der Waals surface area contributed by atoms with Crippen LogP contribution < -0.4 is 11.2 Å². The van der Waals surface area contributed by atoms with Gasteiger partial charge in [-0.15, -0.1) is 0 Å². The minimum Gasteiger partial charge on any atom is -0.413 e. The molecule has 1 aromatic rings. The Hall–Kier alpha value is -1.41. The van der Waals surface area contributed by atoms with E-state index in [1.807, 2.05) is 47.0 Å². The molecule has 2 heterocycles. The smallest absolute Gasteiger partial charge is 0.330 e. The van der Waals surface area contributed by atoms with E-state index in [0.29, 0.717) is 6.29 Å². The molecule has 0 bridgehead atoms. The first-order chi connectivity index (χ1) is 14.8. The number of hydrogen-bond donors (Lipinski definition) is 1. The molecule has 1 N–H and O–H groups in total. The summed E-state index contributed by atoms with van der Waals surface area (Å²) in [6, 6.07) is 1.11. The molecule has 0 aromatic carbocycles. The lowest BCUT2D eigenvalue weighted by atomic mass is 9.99. The number of nitrogens with zero attached hydrogens (tertiary/aromatic N) is 1. The van der Waals surface area contributed by atoms with E-state index in [1.54, 1.807) is 0 Å². The van der Waals surface area contributed by atoms with Gasteiger partial charge < -0.3 is 13.6 Å². The number of aromatic nitrogens is 2. The summed E-state index contributed by atoms with van der Waals surface area (Å²) in [6.07, 6.45) is -2.85. The van der Waals surface area contributed by atoms with Crippen molar-refractivity contribution in [2.45, 2.75) is 102 Å². The second kappa shape index (κ2) is 8.99. The Labute approximate surface area is 197 Å². The second-order valence-corrected chi connectivity index (χ2v) is 21.5. The molecule has 33 heavy (non-hydrogen) atoms. The van der Waals surface area contributed by atoms with Crippen molar-refractivity contribution < 1.29 is 22.8 Å². The van der Waals surface area contributed by atoms with Crippen molar-refractivity contribution in [3.63, 3.8) is 0 Å². The zero-order valence-corrected chi connectivity index (χ0v) is 23.4. The number of halogens is 1. The lowest BCUT2D eigenvalue weighted by Gasteiger charge is -2.43. The zero-order chi connectivity index (χ0) is 25.6. The number of H-pyrrole nitrogens is 1. The van der Waals surface area contributed by atoms with Crippen molar-refractivity contribution in [3.8, 4) is 0 Å². The van der Waals surface area contributed by atoms with E-state index in [0.717, 1.165) is 16.8 Å². The largest absolute Gasteiger partial charge is 0.413 e. The average molecular weight is 503 g/mol. The molecule has 1 aliphatic heterocycles. The lowest BCUT2D eigenvalue weighted by Crippen LogP contribution is -2.57. The third-order valence-electron chi connectivity index (χ3n) is 7.40. The third-order valence-corrected chi connectivity index (χ3v) is 16.3. The summed E-state index contributed by atoms with van der Waals surface area (Å²) in [6.45, 7) is 20.0. The number of carbonyl (C=O) groups excluding carboxylic acids is 1. The van der Waals surface area contributed by atoms with Gasteiger partial charge in [0, 0.05) is 12.3 Å². The summed E-state index contributed by atoms with van der Waals surface area (Å²) < 4.78 is 35.6. The van der Waals surface area contributed by atoms with Crippen LogP contribution in [0.5, 0.6) is 0 Å². The van der Waals surface area contributed by atoms with Crippen molar-refractivity contribution in [1.82, 2.24) is 9.55 Å². The van der Waals surface area contributed by atoms with E-state index in [-0.39, 0.29) is 16.7 Å². The highest BCUT2D eigenvalue weighted by Gasteiger charge is 2.61. The fourth-order valence-corrected chi connectivity index (χ4v) is 5.36. The van der Waals surface area contributed by atoms with Gasteiger partial charge in [-0.3, -0.25) is 19.1 Å². The van der Waals surface area contributed by atoms with Crippen LogP contribution in [0.25, 0.3) is 0 Å². The molecule has 0 saturated carbocycles. The van der Waals surface area contributed by atoms with Crippen LogP contribution in [-0.2, 0) is 18.4 Å². The summed E-state index contributed by atoms with van der Waals surface area (Å²) in [5, 5.41) is -0.398. The Balaban J connectivity index is 2.55. The maximum absolute atomic E-state index is 16.0. The number of ether oxygens (including phenoxy) is 1. The topological polar surface area (TPSA) is 99.6 Å². The Morgan fingerprint density at radius 3 is 2.12 bits per heavy atom. The Morgan fingerprint density at radius 2 is 1.67 bits per heavy atom. The number of rotatable bonds is 7. The molecule has 0 radical (unpaired) electrons. The van der Waals surface area contributed by atoms with Crippen molar-refractivity contribution in [2.75, 3.05) is 6.61 Å². The molecule has 1 fully saturated rings. The van der Waals surface area contributed by atoms with E-state index in [1.165, 1.54) is 0 Å². The fourth-order valence-electron chi connectivity index (χ4n) is 3.03. The van der Waals surface area contributed by atoms with Gasteiger partial charge in [0.1, 0.15) is 6.10 Å². The summed E-state index contributed by atoms with van der Waals surface area (Å²) in [7, 11) is -4.87. The number of nitrogens with one attached hydrogen (secondary N) is 1. The molecule has 4 atom stereocenters. The first-order valence-corrected chi connectivity index (χ1v) is 17.0. The van der Waals surface area contributed by atoms with Gasteiger partial charge in [-0.25, -0.2) is 9.18 Å². The predicted octanol–water partition coefficient (Wildman–Crippen LogP) is 3.75. The SMILES string of the molecule is CC(C)(C)[Si](C)(C)OC[C@@]1(C=O)O[C@@H](n2ccc(=O)[nH]c2=O)[C@@H](F)[C@@H]1O[Si](C)(C)C(C)(C)C. The van der Waals surface area contributed by atoms with Crippen LogP contribution >= 0.6 is 0 Å². The van der Waals surface area contributed by atoms with Crippen molar-refractivity contribution in [1.29, 1.82) is 0 Å². The van der Waals surface area contributed by atoms with E-state index < -0.39 is 52.0 Å². The molecule has 11 heteroatoms. The first kappa shape index (κ1) is 27.8. The van der Waals surface area contributed by atoms with Crippen LogP contribution in [-0.4, -0.2) is 57.0 Å². The van der Waals surface area contributed by atoms with Crippen LogP contribution in [0.3, 0.4) is 0 Å². The van der Waals surface area contributed by atoms with Crippen LogP contribution in [0, 0.1) is 0 Å². The monoisotopic (exact) mass is 502 g/mol. The van der Waals surface area contributed by atoms with Crippen molar-refractivity contribution >= 4 is 22.9 Å². The molecule has 0 amide bonds. The number of aromatic amines is 1. The van der Waals surface area contributed by atoms with Crippen molar-refractivity contribution in [3.05, 3.63) is 33.1 Å². The zero-order valence-electron chi connectivity index (χ0n) is 21.4. The van der Waals surface area contributed by atoms with Crippen LogP contribution in [0.1, 0.15) is 47.8 Å². The third kappa shape index (κ3) is 5.47. The van der Waals surface area contributed by atoms with E-state index in [4.69, 9.17) is 13.6 Å². The Kier molecular flexibility index (Phi) is 7.58. The molecule has 188 valence electrons. The normalized spacial score (nSPS) is 27.1. The number of carbonyl (C=O) groups is 1. The van der Waals surface area contributed by atoms with Gasteiger partial charge in [-0.05, 0) is 36.3 Å². The molecule has 1 aliphatic rings. The van der Waals surface area contributed by atoms with Crippen molar-refractivity contribution in [2.24, 2.45) is 0 Å². The van der Waals surface area contributed by atoms with Crippen LogP contribution in [0.4, 0.5) is 4.39 Å². The number of hydrogen-bond acceptors (Lipinski definition) is 6. The van der Waals surface area contributed by atoms with Gasteiger partial charge in [-0.1, -0.05) is 41.5 Å². The highest BCUT2D eigenvalue weighted by molar-refractivity contribution is 6.74. The lowest BCUT2D eigenvalue weighted by molar-refractivity contribution is -0.149. The quantitative estimate of drug-likeness (QED) is 0.450. The number of aldehydes is 1. The predicted molar refractivity (Wildman–Crippen MR) is 130 cm³/mol. The molecule has 2 rings (SSSR count). The van der Waals surface area contributed by atoms with Crippen LogP contribution in [0.15, 0.2) is 21.9 Å². The summed E-state index contributed by atoms with van der Waals surface area (Å²) >= 11 is 0. The Bertz CT molecular complexity index is 979. The van der Waals surface area contributed by atoms with Gasteiger partial charge in [-0.2, -0.15) is 0 Å². The molecule has 0 aliphatic carbocycles. The van der Waals surface area contributed by atoms with E-state index >= 15 is 4.39 Å². The fraction of sp³-hybridized carbons (Fsp3) is 0.773. The molecule has 1 aromatic heterocycles. The van der Waals surface area contributed by atoms with Crippen LogP contribution in [0.2, 0.25) is 36.3 Å². The van der Waals surface area contributed by atoms with E-state index in [9.17, 15) is 14.4 Å².